The first-order valence-corrected chi connectivity index (χ1v) is 4.81. The molecule has 0 fully saturated rings. The van der Waals surface area contributed by atoms with Crippen LogP contribution in [0.25, 0.3) is 0 Å². The number of thiazole rings is 1. The minimum Gasteiger partial charge on any atom is -0.462 e. The maximum absolute atomic E-state index is 11.2. The Hall–Kier alpha value is -0.650. The van der Waals surface area contributed by atoms with Crippen molar-refractivity contribution in [2.75, 3.05) is 6.61 Å². The quantitative estimate of drug-likeness (QED) is 0.786. The number of aromatic nitrogens is 1. The molecule has 6 heteroatoms. The summed E-state index contributed by atoms with van der Waals surface area (Å²) in [7, 11) is 0. The molecule has 13 heavy (non-hydrogen) atoms. The average molecular weight is 222 g/mol. The second kappa shape index (κ2) is 4.55. The topological polar surface area (TPSA) is 59.4 Å². The van der Waals surface area contributed by atoms with Crippen molar-refractivity contribution in [1.29, 1.82) is 0 Å². The fourth-order valence-electron chi connectivity index (χ4n) is 0.786. The summed E-state index contributed by atoms with van der Waals surface area (Å²) in [5, 5.41) is 8.83. The third kappa shape index (κ3) is 2.40. The molecule has 0 saturated carbocycles. The highest BCUT2D eigenvalue weighted by Gasteiger charge is 2.17. The van der Waals surface area contributed by atoms with Crippen LogP contribution in [0.4, 0.5) is 0 Å². The van der Waals surface area contributed by atoms with E-state index in [2.05, 4.69) is 4.98 Å². The molecule has 0 spiro atoms. The molecule has 1 aromatic rings. The van der Waals surface area contributed by atoms with Gasteiger partial charge in [0.15, 0.2) is 4.47 Å². The van der Waals surface area contributed by atoms with Crippen LogP contribution in [0.1, 0.15) is 22.3 Å². The number of aliphatic hydroxyl groups excluding tert-OH is 1. The van der Waals surface area contributed by atoms with E-state index < -0.39 is 5.97 Å². The van der Waals surface area contributed by atoms with E-state index in [0.717, 1.165) is 11.3 Å². The monoisotopic (exact) mass is 221 g/mol. The van der Waals surface area contributed by atoms with Crippen molar-refractivity contribution >= 4 is 28.9 Å². The van der Waals surface area contributed by atoms with Gasteiger partial charge in [0, 0.05) is 0 Å². The van der Waals surface area contributed by atoms with Crippen LogP contribution in [0.3, 0.4) is 0 Å². The Bertz CT molecular complexity index is 313. The number of nitrogens with zero attached hydrogens (tertiary/aromatic N) is 1. The summed E-state index contributed by atoms with van der Waals surface area (Å²) in [6.45, 7) is 1.69. The summed E-state index contributed by atoms with van der Waals surface area (Å²) in [5.41, 5.74) is 0.272. The third-order valence-corrected chi connectivity index (χ3v) is 2.46. The van der Waals surface area contributed by atoms with Gasteiger partial charge in [0.25, 0.3) is 0 Å². The van der Waals surface area contributed by atoms with Gasteiger partial charge in [-0.05, 0) is 6.92 Å². The zero-order valence-electron chi connectivity index (χ0n) is 6.91. The van der Waals surface area contributed by atoms with E-state index >= 15 is 0 Å². The predicted octanol–water partition coefficient (Wildman–Crippen LogP) is 1.47. The van der Waals surface area contributed by atoms with Crippen LogP contribution < -0.4 is 0 Å². The summed E-state index contributed by atoms with van der Waals surface area (Å²) in [6, 6.07) is 0. The van der Waals surface area contributed by atoms with Gasteiger partial charge in [-0.1, -0.05) is 22.9 Å². The van der Waals surface area contributed by atoms with Gasteiger partial charge >= 0.3 is 5.97 Å². The first-order valence-electron chi connectivity index (χ1n) is 3.62. The maximum atomic E-state index is 11.2. The molecule has 0 atom stereocenters. The van der Waals surface area contributed by atoms with Crippen LogP contribution in [0.15, 0.2) is 0 Å². The van der Waals surface area contributed by atoms with E-state index in [1.165, 1.54) is 0 Å². The Morgan fingerprint density at radius 1 is 1.77 bits per heavy atom. The van der Waals surface area contributed by atoms with Crippen molar-refractivity contribution in [3.63, 3.8) is 0 Å². The molecule has 0 radical (unpaired) electrons. The standard InChI is InChI=1S/C7H8ClNO3S/c1-2-12-6(11)5-4(3-10)9-7(8)13-5/h10H,2-3H2,1H3. The molecule has 1 N–H and O–H groups in total. The van der Waals surface area contributed by atoms with Gasteiger partial charge in [0.1, 0.15) is 4.88 Å². The van der Waals surface area contributed by atoms with E-state index in [4.69, 9.17) is 21.4 Å². The fraction of sp³-hybridized carbons (Fsp3) is 0.429. The molecule has 0 aliphatic carbocycles. The Morgan fingerprint density at radius 2 is 2.46 bits per heavy atom. The molecule has 0 bridgehead atoms. The highest BCUT2D eigenvalue weighted by atomic mass is 35.5. The zero-order chi connectivity index (χ0) is 9.84. The minimum absolute atomic E-state index is 0.229. The van der Waals surface area contributed by atoms with E-state index in [1.807, 2.05) is 0 Å². The van der Waals surface area contributed by atoms with Crippen molar-refractivity contribution in [3.8, 4) is 0 Å². The molecule has 0 unspecified atom stereocenters. The number of hydrogen-bond acceptors (Lipinski definition) is 5. The summed E-state index contributed by atoms with van der Waals surface area (Å²) in [4.78, 5) is 15.3. The van der Waals surface area contributed by atoms with Crippen LogP contribution in [-0.2, 0) is 11.3 Å². The smallest absolute Gasteiger partial charge is 0.350 e. The molecule has 72 valence electrons. The van der Waals surface area contributed by atoms with Crippen LogP contribution >= 0.6 is 22.9 Å². The highest BCUT2D eigenvalue weighted by molar-refractivity contribution is 7.17. The van der Waals surface area contributed by atoms with Crippen molar-refractivity contribution in [2.45, 2.75) is 13.5 Å². The second-order valence-electron chi connectivity index (χ2n) is 2.12. The van der Waals surface area contributed by atoms with Crippen molar-refractivity contribution in [3.05, 3.63) is 15.0 Å². The summed E-state index contributed by atoms with van der Waals surface area (Å²) >= 11 is 6.58. The summed E-state index contributed by atoms with van der Waals surface area (Å²) in [5.74, 6) is -0.490. The minimum atomic E-state index is -0.490. The highest BCUT2D eigenvalue weighted by Crippen LogP contribution is 2.23. The first kappa shape index (κ1) is 10.4. The van der Waals surface area contributed by atoms with Crippen molar-refractivity contribution in [1.82, 2.24) is 4.98 Å². The molecule has 0 aromatic carbocycles. The lowest BCUT2D eigenvalue weighted by atomic mass is 10.4. The molecule has 0 aliphatic rings. The van der Waals surface area contributed by atoms with Gasteiger partial charge in [0.05, 0.1) is 18.9 Å². The maximum Gasteiger partial charge on any atom is 0.350 e. The van der Waals surface area contributed by atoms with E-state index in [-0.39, 0.29) is 21.6 Å². The Balaban J connectivity index is 2.91. The van der Waals surface area contributed by atoms with Crippen LogP contribution in [0.2, 0.25) is 4.47 Å². The van der Waals surface area contributed by atoms with Gasteiger partial charge in [-0.15, -0.1) is 0 Å². The van der Waals surface area contributed by atoms with Crippen LogP contribution in [0.5, 0.6) is 0 Å². The molecule has 1 heterocycles. The number of esters is 1. The van der Waals surface area contributed by atoms with E-state index in [0.29, 0.717) is 6.61 Å². The number of rotatable bonds is 3. The molecule has 1 aromatic heterocycles. The van der Waals surface area contributed by atoms with E-state index in [1.54, 1.807) is 6.92 Å². The van der Waals surface area contributed by atoms with Crippen LogP contribution in [-0.4, -0.2) is 22.7 Å². The molecule has 4 nitrogen and oxygen atoms in total. The SMILES string of the molecule is CCOC(=O)c1sc(Cl)nc1CO. The molecule has 1 rings (SSSR count). The summed E-state index contributed by atoms with van der Waals surface area (Å²) in [6.07, 6.45) is 0. The van der Waals surface area contributed by atoms with Gasteiger partial charge in [0.2, 0.25) is 0 Å². The van der Waals surface area contributed by atoms with E-state index in [9.17, 15) is 4.79 Å². The van der Waals surface area contributed by atoms with Crippen molar-refractivity contribution in [2.24, 2.45) is 0 Å². The largest absolute Gasteiger partial charge is 0.462 e. The molecule has 0 aliphatic heterocycles. The number of halogens is 1. The zero-order valence-corrected chi connectivity index (χ0v) is 8.48. The van der Waals surface area contributed by atoms with Crippen LogP contribution in [0, 0.1) is 0 Å². The fourth-order valence-corrected chi connectivity index (χ4v) is 1.81. The Labute approximate surface area is 84.1 Å². The number of ether oxygens (including phenoxy) is 1. The lowest BCUT2D eigenvalue weighted by Gasteiger charge is -1.98. The number of carbonyl (C=O) groups excluding carboxylic acids is 1. The lowest BCUT2D eigenvalue weighted by molar-refractivity contribution is 0.0528. The first-order chi connectivity index (χ1) is 6.19. The lowest BCUT2D eigenvalue weighted by Crippen LogP contribution is -2.05. The average Bonchev–Trinajstić information content (AvgIpc) is 2.47. The predicted molar refractivity (Wildman–Crippen MR) is 49.0 cm³/mol. The number of carbonyl (C=O) groups is 1. The van der Waals surface area contributed by atoms with Gasteiger partial charge < -0.3 is 9.84 Å². The Morgan fingerprint density at radius 3 is 3.00 bits per heavy atom. The molecule has 0 amide bonds. The normalized spacial score (nSPS) is 10.1. The molecular formula is C7H8ClNO3S. The van der Waals surface area contributed by atoms with Gasteiger partial charge in [-0.25, -0.2) is 9.78 Å². The second-order valence-corrected chi connectivity index (χ2v) is 3.70. The molecular weight excluding hydrogens is 214 g/mol. The summed E-state index contributed by atoms with van der Waals surface area (Å²) < 4.78 is 4.97. The Kier molecular flexibility index (Phi) is 3.65. The molecule has 0 saturated heterocycles. The van der Waals surface area contributed by atoms with Crippen molar-refractivity contribution < 1.29 is 14.6 Å². The van der Waals surface area contributed by atoms with Gasteiger partial charge in [-0.3, -0.25) is 0 Å². The number of aliphatic hydroxyl groups is 1. The number of hydrogen-bond donors (Lipinski definition) is 1. The third-order valence-electron chi connectivity index (χ3n) is 1.28. The van der Waals surface area contributed by atoms with Gasteiger partial charge in [-0.2, -0.15) is 0 Å².